The first-order valence-electron chi connectivity index (χ1n) is 13.5. The van der Waals surface area contributed by atoms with E-state index in [1.54, 1.807) is 19.3 Å². The Morgan fingerprint density at radius 1 is 0.850 bits per heavy atom. The molecular formula is C26H37Cl2N7O5. The van der Waals surface area contributed by atoms with Crippen LogP contribution in [0.15, 0.2) is 12.4 Å². The fourth-order valence-corrected chi connectivity index (χ4v) is 4.63. The summed E-state index contributed by atoms with van der Waals surface area (Å²) in [6.07, 6.45) is 6.48. The van der Waals surface area contributed by atoms with Gasteiger partial charge >= 0.3 is 5.97 Å². The van der Waals surface area contributed by atoms with Crippen LogP contribution in [-0.2, 0) is 27.1 Å². The lowest BCUT2D eigenvalue weighted by atomic mass is 10.1. The number of nitrogens with zero attached hydrogens (tertiary/aromatic N) is 6. The fraction of sp³-hybridized carbons (Fsp3) is 0.615. The van der Waals surface area contributed by atoms with Gasteiger partial charge in [0.2, 0.25) is 10.6 Å². The number of carbonyl (C=O) groups excluding carboxylic acids is 2. The van der Waals surface area contributed by atoms with E-state index >= 15 is 0 Å². The second-order valence-electron chi connectivity index (χ2n) is 9.23. The Kier molecular flexibility index (Phi) is 13.9. The van der Waals surface area contributed by atoms with Crippen LogP contribution in [0.4, 0.5) is 0 Å². The maximum atomic E-state index is 11.9. The number of esters is 1. The number of morpholine rings is 2. The van der Waals surface area contributed by atoms with Gasteiger partial charge in [0.15, 0.2) is 5.69 Å². The van der Waals surface area contributed by atoms with Gasteiger partial charge in [-0.25, -0.2) is 24.7 Å². The lowest BCUT2D eigenvalue weighted by Crippen LogP contribution is -2.37. The Bertz CT molecular complexity index is 1100. The molecule has 0 radical (unpaired) electrons. The number of aryl methyl sites for hydroxylation is 2. The first-order valence-corrected chi connectivity index (χ1v) is 14.2. The minimum atomic E-state index is -0.564. The minimum Gasteiger partial charge on any atom is -0.461 e. The molecule has 4 rings (SSSR count). The molecule has 0 unspecified atom stereocenters. The highest BCUT2D eigenvalue weighted by Gasteiger charge is 2.17. The van der Waals surface area contributed by atoms with Crippen molar-refractivity contribution in [3.05, 3.63) is 45.5 Å². The molecule has 4 heterocycles. The molecule has 2 aliphatic heterocycles. The number of rotatable bonds is 11. The zero-order valence-electron chi connectivity index (χ0n) is 22.8. The van der Waals surface area contributed by atoms with Crippen LogP contribution in [0.2, 0.25) is 10.6 Å². The Labute approximate surface area is 244 Å². The predicted molar refractivity (Wildman–Crippen MR) is 150 cm³/mol. The average Bonchev–Trinajstić information content (AvgIpc) is 2.96. The summed E-state index contributed by atoms with van der Waals surface area (Å²) in [5.41, 5.74) is 7.32. The largest absolute Gasteiger partial charge is 0.461 e. The van der Waals surface area contributed by atoms with Gasteiger partial charge in [-0.05, 0) is 68.9 Å². The van der Waals surface area contributed by atoms with Crippen molar-refractivity contribution in [2.24, 2.45) is 5.73 Å². The number of halogens is 2. The first-order chi connectivity index (χ1) is 19.4. The van der Waals surface area contributed by atoms with Crippen LogP contribution in [0.3, 0.4) is 0 Å². The summed E-state index contributed by atoms with van der Waals surface area (Å²) in [5.74, 6) is -1.01. The van der Waals surface area contributed by atoms with E-state index in [4.69, 9.17) is 43.1 Å². The summed E-state index contributed by atoms with van der Waals surface area (Å²) >= 11 is 11.4. The topological polar surface area (TPSA) is 146 Å². The number of amides is 1. The van der Waals surface area contributed by atoms with Crippen molar-refractivity contribution in [1.29, 1.82) is 0 Å². The van der Waals surface area contributed by atoms with Gasteiger partial charge in [-0.1, -0.05) is 0 Å². The van der Waals surface area contributed by atoms with E-state index in [0.717, 1.165) is 96.1 Å². The maximum Gasteiger partial charge on any atom is 0.357 e. The standard InChI is InChI=1S/C14H20ClN3O3.C12H17ClN4O2/c1-2-21-13(19)12-11(10-16-14(15)17-12)4-3-5-18-6-8-20-9-7-18;13-12-15-8-9(10(16-12)11(14)18)2-1-3-17-4-6-19-7-5-17/h10H,2-9H2,1H3;8H,1-7H2,(H2,14,18). The average molecular weight is 599 g/mol. The third kappa shape index (κ3) is 10.8. The lowest BCUT2D eigenvalue weighted by Gasteiger charge is -2.26. The van der Waals surface area contributed by atoms with Crippen LogP contribution in [0.5, 0.6) is 0 Å². The molecule has 0 saturated carbocycles. The molecule has 2 fully saturated rings. The van der Waals surface area contributed by atoms with Crippen LogP contribution in [0.1, 0.15) is 51.9 Å². The van der Waals surface area contributed by atoms with E-state index in [1.807, 2.05) is 0 Å². The van der Waals surface area contributed by atoms with Crippen molar-refractivity contribution in [2.45, 2.75) is 32.6 Å². The zero-order chi connectivity index (χ0) is 28.7. The molecule has 0 atom stereocenters. The molecule has 12 nitrogen and oxygen atoms in total. The number of nitrogens with two attached hydrogens (primary N) is 1. The smallest absolute Gasteiger partial charge is 0.357 e. The van der Waals surface area contributed by atoms with Crippen LogP contribution in [-0.4, -0.2) is 114 Å². The minimum absolute atomic E-state index is 0.0470. The molecule has 2 aromatic heterocycles. The van der Waals surface area contributed by atoms with Crippen molar-refractivity contribution in [3.8, 4) is 0 Å². The molecule has 14 heteroatoms. The van der Waals surface area contributed by atoms with E-state index in [0.29, 0.717) is 13.0 Å². The van der Waals surface area contributed by atoms with Crippen molar-refractivity contribution in [3.63, 3.8) is 0 Å². The number of aromatic nitrogens is 4. The van der Waals surface area contributed by atoms with Crippen LogP contribution in [0.25, 0.3) is 0 Å². The van der Waals surface area contributed by atoms with Gasteiger partial charge in [-0.2, -0.15) is 0 Å². The van der Waals surface area contributed by atoms with E-state index < -0.39 is 11.9 Å². The van der Waals surface area contributed by atoms with Crippen molar-refractivity contribution in [2.75, 3.05) is 72.3 Å². The summed E-state index contributed by atoms with van der Waals surface area (Å²) in [6.45, 7) is 11.0. The van der Waals surface area contributed by atoms with Crippen LogP contribution >= 0.6 is 23.2 Å². The monoisotopic (exact) mass is 597 g/mol. The molecule has 0 spiro atoms. The van der Waals surface area contributed by atoms with Gasteiger partial charge in [0.05, 0.1) is 33.0 Å². The van der Waals surface area contributed by atoms with E-state index in [9.17, 15) is 9.59 Å². The van der Waals surface area contributed by atoms with Gasteiger partial charge in [0.1, 0.15) is 5.69 Å². The number of ether oxygens (including phenoxy) is 3. The second-order valence-corrected chi connectivity index (χ2v) is 9.90. The number of primary amides is 1. The summed E-state index contributed by atoms with van der Waals surface area (Å²) in [5, 5.41) is 0.112. The highest BCUT2D eigenvalue weighted by atomic mass is 35.5. The first kappa shape index (κ1) is 32.0. The van der Waals surface area contributed by atoms with Crippen molar-refractivity contribution < 1.29 is 23.8 Å². The van der Waals surface area contributed by atoms with Crippen molar-refractivity contribution >= 4 is 35.1 Å². The molecule has 2 saturated heterocycles. The third-order valence-electron chi connectivity index (χ3n) is 6.42. The molecular weight excluding hydrogens is 561 g/mol. The summed E-state index contributed by atoms with van der Waals surface area (Å²) in [7, 11) is 0. The molecule has 0 bridgehead atoms. The molecule has 0 aliphatic carbocycles. The molecule has 40 heavy (non-hydrogen) atoms. The molecule has 2 aromatic rings. The second kappa shape index (κ2) is 17.4. The highest BCUT2D eigenvalue weighted by molar-refractivity contribution is 6.28. The fourth-order valence-electron chi connectivity index (χ4n) is 4.36. The van der Waals surface area contributed by atoms with Gasteiger partial charge in [-0.3, -0.25) is 14.6 Å². The van der Waals surface area contributed by atoms with Gasteiger partial charge in [0, 0.05) is 49.7 Å². The highest BCUT2D eigenvalue weighted by Crippen LogP contribution is 2.14. The lowest BCUT2D eigenvalue weighted by molar-refractivity contribution is 0.0374. The van der Waals surface area contributed by atoms with E-state index in [2.05, 4.69) is 29.7 Å². The third-order valence-corrected chi connectivity index (χ3v) is 6.78. The Morgan fingerprint density at radius 3 is 1.75 bits per heavy atom. The van der Waals surface area contributed by atoms with E-state index in [-0.39, 0.29) is 22.0 Å². The predicted octanol–water partition coefficient (Wildman–Crippen LogP) is 2.07. The molecule has 2 aliphatic rings. The van der Waals surface area contributed by atoms with Gasteiger partial charge in [0.25, 0.3) is 5.91 Å². The maximum absolute atomic E-state index is 11.9. The SMILES string of the molecule is CCOC(=O)c1nc(Cl)ncc1CCCN1CCOCC1.NC(=O)c1nc(Cl)ncc1CCCN1CCOCC1. The quantitative estimate of drug-likeness (QED) is 0.300. The van der Waals surface area contributed by atoms with Crippen LogP contribution < -0.4 is 5.73 Å². The Balaban J connectivity index is 0.000000222. The van der Waals surface area contributed by atoms with Gasteiger partial charge in [-0.15, -0.1) is 0 Å². The zero-order valence-corrected chi connectivity index (χ0v) is 24.3. The van der Waals surface area contributed by atoms with E-state index in [1.165, 1.54) is 0 Å². The van der Waals surface area contributed by atoms with Crippen LogP contribution in [0, 0.1) is 0 Å². The van der Waals surface area contributed by atoms with Crippen molar-refractivity contribution in [1.82, 2.24) is 29.7 Å². The van der Waals surface area contributed by atoms with Gasteiger partial charge < -0.3 is 19.9 Å². The molecule has 220 valence electrons. The Morgan fingerprint density at radius 2 is 1.30 bits per heavy atom. The number of hydrogen-bond acceptors (Lipinski definition) is 11. The normalized spacial score (nSPS) is 16.2. The summed E-state index contributed by atoms with van der Waals surface area (Å²) in [4.78, 5) is 43.6. The number of carbonyl (C=O) groups is 2. The molecule has 1 amide bonds. The molecule has 0 aromatic carbocycles. The molecule has 2 N–H and O–H groups in total. The number of hydrogen-bond donors (Lipinski definition) is 1. The summed E-state index contributed by atoms with van der Waals surface area (Å²) in [6, 6.07) is 0. The Hall–Kier alpha value is -2.48. The summed E-state index contributed by atoms with van der Waals surface area (Å²) < 4.78 is 15.6.